The van der Waals surface area contributed by atoms with Crippen LogP contribution in [0.4, 0.5) is 0 Å². The quantitative estimate of drug-likeness (QED) is 0.759. The van der Waals surface area contributed by atoms with Crippen LogP contribution in [0, 0.1) is 13.8 Å². The molecule has 0 unspecified atom stereocenters. The fourth-order valence-electron chi connectivity index (χ4n) is 2.20. The predicted molar refractivity (Wildman–Crippen MR) is 87.3 cm³/mol. The molecule has 116 valence electrons. The average Bonchev–Trinajstić information content (AvgIpc) is 2.76. The lowest BCUT2D eigenvalue weighted by atomic mass is 10.2. The van der Waals surface area contributed by atoms with Crippen molar-refractivity contribution >= 4 is 21.6 Å². The van der Waals surface area contributed by atoms with Crippen molar-refractivity contribution in [3.63, 3.8) is 0 Å². The SMILES string of the molecule is CCOCCCNCCn1cnc2sc(C)c(C)c2c1=O. The summed E-state index contributed by atoms with van der Waals surface area (Å²) >= 11 is 1.59. The maximum Gasteiger partial charge on any atom is 0.262 e. The van der Waals surface area contributed by atoms with E-state index < -0.39 is 0 Å². The highest BCUT2D eigenvalue weighted by atomic mass is 32.1. The summed E-state index contributed by atoms with van der Waals surface area (Å²) in [4.78, 5) is 18.9. The van der Waals surface area contributed by atoms with E-state index in [1.165, 1.54) is 4.88 Å². The second-order valence-corrected chi connectivity index (χ2v) is 6.21. The minimum Gasteiger partial charge on any atom is -0.382 e. The van der Waals surface area contributed by atoms with Gasteiger partial charge in [-0.15, -0.1) is 11.3 Å². The smallest absolute Gasteiger partial charge is 0.262 e. The Morgan fingerprint density at radius 3 is 2.95 bits per heavy atom. The van der Waals surface area contributed by atoms with Crippen molar-refractivity contribution < 1.29 is 4.74 Å². The van der Waals surface area contributed by atoms with Crippen LogP contribution in [0.5, 0.6) is 0 Å². The number of aryl methyl sites for hydroxylation is 2. The molecule has 1 N–H and O–H groups in total. The molecule has 2 aromatic rings. The molecule has 2 heterocycles. The van der Waals surface area contributed by atoms with Gasteiger partial charge in [-0.1, -0.05) is 0 Å². The van der Waals surface area contributed by atoms with Crippen LogP contribution >= 0.6 is 11.3 Å². The monoisotopic (exact) mass is 309 g/mol. The highest BCUT2D eigenvalue weighted by Crippen LogP contribution is 2.25. The van der Waals surface area contributed by atoms with Crippen LogP contribution in [0.1, 0.15) is 23.8 Å². The van der Waals surface area contributed by atoms with E-state index in [1.807, 2.05) is 20.8 Å². The molecule has 0 saturated carbocycles. The van der Waals surface area contributed by atoms with Gasteiger partial charge >= 0.3 is 0 Å². The van der Waals surface area contributed by atoms with Crippen LogP contribution in [0.25, 0.3) is 10.2 Å². The highest BCUT2D eigenvalue weighted by molar-refractivity contribution is 7.18. The number of fused-ring (bicyclic) bond motifs is 1. The molecule has 2 rings (SSSR count). The van der Waals surface area contributed by atoms with Crippen molar-refractivity contribution in [1.82, 2.24) is 14.9 Å². The standard InChI is InChI=1S/C15H23N3O2S/c1-4-20-9-5-6-16-7-8-18-10-17-14-13(15(18)19)11(2)12(3)21-14/h10,16H,4-9H2,1-3H3. The normalized spacial score (nSPS) is 11.4. The predicted octanol–water partition coefficient (Wildman–Crippen LogP) is 2.09. The lowest BCUT2D eigenvalue weighted by Crippen LogP contribution is -2.28. The van der Waals surface area contributed by atoms with Crippen molar-refractivity contribution in [1.29, 1.82) is 0 Å². The van der Waals surface area contributed by atoms with Crippen molar-refractivity contribution in [2.24, 2.45) is 0 Å². The van der Waals surface area contributed by atoms with E-state index in [0.717, 1.165) is 48.5 Å². The Balaban J connectivity index is 1.92. The fraction of sp³-hybridized carbons (Fsp3) is 0.600. The van der Waals surface area contributed by atoms with E-state index >= 15 is 0 Å². The Morgan fingerprint density at radius 2 is 2.19 bits per heavy atom. The van der Waals surface area contributed by atoms with Crippen molar-refractivity contribution in [2.45, 2.75) is 33.7 Å². The van der Waals surface area contributed by atoms with Crippen molar-refractivity contribution in [3.05, 3.63) is 27.1 Å². The molecule has 0 fully saturated rings. The van der Waals surface area contributed by atoms with Crippen LogP contribution in [-0.2, 0) is 11.3 Å². The molecular weight excluding hydrogens is 286 g/mol. The number of hydrogen-bond donors (Lipinski definition) is 1. The van der Waals surface area contributed by atoms with Gasteiger partial charge in [0, 0.05) is 31.2 Å². The molecule has 5 nitrogen and oxygen atoms in total. The minimum atomic E-state index is 0.0676. The molecule has 0 atom stereocenters. The van der Waals surface area contributed by atoms with Gasteiger partial charge < -0.3 is 10.1 Å². The van der Waals surface area contributed by atoms with Crippen LogP contribution in [0.3, 0.4) is 0 Å². The molecule has 21 heavy (non-hydrogen) atoms. The Kier molecular flexibility index (Phi) is 5.90. The number of aromatic nitrogens is 2. The Morgan fingerprint density at radius 1 is 1.38 bits per heavy atom. The second-order valence-electron chi connectivity index (χ2n) is 5.01. The highest BCUT2D eigenvalue weighted by Gasteiger charge is 2.11. The van der Waals surface area contributed by atoms with Gasteiger partial charge in [0.1, 0.15) is 4.83 Å². The summed E-state index contributed by atoms with van der Waals surface area (Å²) in [6.45, 7) is 9.88. The molecular formula is C15H23N3O2S. The van der Waals surface area contributed by atoms with Gasteiger partial charge in [-0.2, -0.15) is 0 Å². The molecule has 0 bridgehead atoms. The topological polar surface area (TPSA) is 56.1 Å². The first-order valence-electron chi connectivity index (χ1n) is 7.38. The zero-order chi connectivity index (χ0) is 15.2. The largest absolute Gasteiger partial charge is 0.382 e. The molecule has 6 heteroatoms. The van der Waals surface area contributed by atoms with Gasteiger partial charge in [0.05, 0.1) is 11.7 Å². The molecule has 0 radical (unpaired) electrons. The third-order valence-corrected chi connectivity index (χ3v) is 4.65. The summed E-state index contributed by atoms with van der Waals surface area (Å²) in [5, 5.41) is 4.10. The van der Waals surface area contributed by atoms with Crippen LogP contribution in [0.2, 0.25) is 0 Å². The average molecular weight is 309 g/mol. The first-order valence-corrected chi connectivity index (χ1v) is 8.20. The molecule has 0 aliphatic carbocycles. The number of thiophene rings is 1. The molecule has 0 aromatic carbocycles. The zero-order valence-corrected chi connectivity index (χ0v) is 13.8. The van der Waals surface area contributed by atoms with Gasteiger partial charge in [-0.25, -0.2) is 4.98 Å². The first kappa shape index (κ1) is 16.1. The number of nitrogens with zero attached hydrogens (tertiary/aromatic N) is 2. The van der Waals surface area contributed by atoms with Gasteiger partial charge in [-0.05, 0) is 39.3 Å². The van der Waals surface area contributed by atoms with Crippen molar-refractivity contribution in [3.8, 4) is 0 Å². The first-order chi connectivity index (χ1) is 10.1. The van der Waals surface area contributed by atoms with E-state index in [1.54, 1.807) is 22.2 Å². The summed E-state index contributed by atoms with van der Waals surface area (Å²) in [7, 11) is 0. The van der Waals surface area contributed by atoms with E-state index in [-0.39, 0.29) is 5.56 Å². The van der Waals surface area contributed by atoms with Gasteiger partial charge in [0.25, 0.3) is 5.56 Å². The molecule has 0 spiro atoms. The van der Waals surface area contributed by atoms with Crippen LogP contribution < -0.4 is 10.9 Å². The lowest BCUT2D eigenvalue weighted by molar-refractivity contribution is 0.145. The van der Waals surface area contributed by atoms with E-state index in [2.05, 4.69) is 10.3 Å². The van der Waals surface area contributed by atoms with Gasteiger partial charge in [0.15, 0.2) is 0 Å². The van der Waals surface area contributed by atoms with Gasteiger partial charge in [-0.3, -0.25) is 9.36 Å². The van der Waals surface area contributed by atoms with E-state index in [0.29, 0.717) is 6.54 Å². The Bertz CT molecular complexity index is 648. The third-order valence-electron chi connectivity index (χ3n) is 3.53. The third kappa shape index (κ3) is 3.90. The summed E-state index contributed by atoms with van der Waals surface area (Å²) in [5.41, 5.74) is 1.13. The molecule has 0 saturated heterocycles. The van der Waals surface area contributed by atoms with Gasteiger partial charge in [0.2, 0.25) is 0 Å². The van der Waals surface area contributed by atoms with E-state index in [9.17, 15) is 4.79 Å². The minimum absolute atomic E-state index is 0.0676. The fourth-order valence-corrected chi connectivity index (χ4v) is 3.18. The number of rotatable bonds is 8. The molecule has 2 aromatic heterocycles. The number of hydrogen-bond acceptors (Lipinski definition) is 5. The summed E-state index contributed by atoms with van der Waals surface area (Å²) in [6, 6.07) is 0. The summed E-state index contributed by atoms with van der Waals surface area (Å²) < 4.78 is 6.97. The maximum atomic E-state index is 12.4. The Hall–Kier alpha value is -1.24. The zero-order valence-electron chi connectivity index (χ0n) is 12.9. The number of nitrogens with one attached hydrogen (secondary N) is 1. The second kappa shape index (κ2) is 7.68. The van der Waals surface area contributed by atoms with Crippen LogP contribution in [0.15, 0.2) is 11.1 Å². The molecule has 0 aliphatic heterocycles. The van der Waals surface area contributed by atoms with Crippen LogP contribution in [-0.4, -0.2) is 35.9 Å². The molecule has 0 amide bonds. The summed E-state index contributed by atoms with van der Waals surface area (Å²) in [5.74, 6) is 0. The molecule has 0 aliphatic rings. The number of ether oxygens (including phenoxy) is 1. The lowest BCUT2D eigenvalue weighted by Gasteiger charge is -2.07. The summed E-state index contributed by atoms with van der Waals surface area (Å²) in [6.07, 6.45) is 2.64. The maximum absolute atomic E-state index is 12.4. The Labute approximate surface area is 129 Å². The van der Waals surface area contributed by atoms with Crippen molar-refractivity contribution in [2.75, 3.05) is 26.3 Å². The van der Waals surface area contributed by atoms with E-state index in [4.69, 9.17) is 4.74 Å².